The molecule has 0 saturated carbocycles. The highest BCUT2D eigenvalue weighted by Gasteiger charge is 2.34. The maximum absolute atomic E-state index is 12.9. The minimum absolute atomic E-state index is 0.0534. The van der Waals surface area contributed by atoms with Gasteiger partial charge >= 0.3 is 6.18 Å². The van der Waals surface area contributed by atoms with Crippen molar-refractivity contribution >= 4 is 11.4 Å². The summed E-state index contributed by atoms with van der Waals surface area (Å²) in [6.45, 7) is 2.27. The maximum Gasteiger partial charge on any atom is 0.418 e. The predicted molar refractivity (Wildman–Crippen MR) is 68.8 cm³/mol. The second-order valence-electron chi connectivity index (χ2n) is 4.05. The molecular formula is C12H18F3N3O. The van der Waals surface area contributed by atoms with Gasteiger partial charge in [-0.2, -0.15) is 13.2 Å². The van der Waals surface area contributed by atoms with Crippen LogP contribution in [0.15, 0.2) is 18.2 Å². The molecule has 0 aliphatic rings. The summed E-state index contributed by atoms with van der Waals surface area (Å²) in [5.74, 6) is 0. The Bertz CT molecular complexity index is 406. The molecule has 0 radical (unpaired) electrons. The van der Waals surface area contributed by atoms with Crippen LogP contribution in [0.1, 0.15) is 18.9 Å². The molecule has 0 bridgehead atoms. The quantitative estimate of drug-likeness (QED) is 0.700. The first-order chi connectivity index (χ1) is 8.92. The highest BCUT2D eigenvalue weighted by atomic mass is 19.4. The highest BCUT2D eigenvalue weighted by Crippen LogP contribution is 2.36. The Morgan fingerprint density at radius 3 is 2.53 bits per heavy atom. The van der Waals surface area contributed by atoms with Crippen LogP contribution in [0, 0.1) is 0 Å². The first-order valence-corrected chi connectivity index (χ1v) is 5.89. The molecule has 4 N–H and O–H groups in total. The van der Waals surface area contributed by atoms with Crippen molar-refractivity contribution in [3.8, 4) is 0 Å². The van der Waals surface area contributed by atoms with E-state index in [4.69, 9.17) is 5.73 Å². The highest BCUT2D eigenvalue weighted by molar-refractivity contribution is 5.60. The Morgan fingerprint density at radius 1 is 1.37 bits per heavy atom. The molecule has 1 rings (SSSR count). The van der Waals surface area contributed by atoms with Crippen molar-refractivity contribution in [2.75, 3.05) is 24.5 Å². The van der Waals surface area contributed by atoms with Gasteiger partial charge in [0.15, 0.2) is 0 Å². The van der Waals surface area contributed by atoms with Crippen molar-refractivity contribution in [1.82, 2.24) is 0 Å². The van der Waals surface area contributed by atoms with Crippen LogP contribution in [0.25, 0.3) is 0 Å². The van der Waals surface area contributed by atoms with E-state index < -0.39 is 11.7 Å². The van der Waals surface area contributed by atoms with Crippen LogP contribution in [0.3, 0.4) is 0 Å². The summed E-state index contributed by atoms with van der Waals surface area (Å²) in [7, 11) is 1.26. The van der Waals surface area contributed by atoms with E-state index in [9.17, 15) is 13.2 Å². The third-order valence-corrected chi connectivity index (χ3v) is 2.69. The van der Waals surface area contributed by atoms with Crippen molar-refractivity contribution in [1.29, 1.82) is 0 Å². The Balaban J connectivity index is 3.04. The van der Waals surface area contributed by atoms with Crippen molar-refractivity contribution in [3.63, 3.8) is 0 Å². The van der Waals surface area contributed by atoms with E-state index in [2.05, 4.69) is 15.6 Å². The van der Waals surface area contributed by atoms with Gasteiger partial charge in [0.1, 0.15) is 0 Å². The Morgan fingerprint density at radius 2 is 2.05 bits per heavy atom. The van der Waals surface area contributed by atoms with Crippen LogP contribution in [0.4, 0.5) is 24.5 Å². The lowest BCUT2D eigenvalue weighted by Crippen LogP contribution is -2.28. The number of nitrogens with two attached hydrogens (primary N) is 1. The first-order valence-electron chi connectivity index (χ1n) is 5.89. The number of halogens is 3. The van der Waals surface area contributed by atoms with E-state index in [1.165, 1.54) is 13.2 Å². The number of rotatable bonds is 6. The molecule has 1 aromatic rings. The Labute approximate surface area is 110 Å². The van der Waals surface area contributed by atoms with E-state index in [1.807, 2.05) is 6.92 Å². The molecule has 19 heavy (non-hydrogen) atoms. The second kappa shape index (κ2) is 6.63. The third-order valence-electron chi connectivity index (χ3n) is 2.69. The lowest BCUT2D eigenvalue weighted by molar-refractivity contribution is -0.137. The number of nitrogens with one attached hydrogen (secondary N) is 2. The average Bonchev–Trinajstić information content (AvgIpc) is 2.36. The fourth-order valence-electron chi connectivity index (χ4n) is 1.63. The molecule has 0 spiro atoms. The monoisotopic (exact) mass is 277 g/mol. The SMILES string of the molecule is CC[C@H](CN)Nc1ccc(NOC)c(C(F)(F)F)c1. The smallest absolute Gasteiger partial charge is 0.381 e. The molecule has 0 aliphatic carbocycles. The van der Waals surface area contributed by atoms with Crippen LogP contribution < -0.4 is 16.5 Å². The third kappa shape index (κ3) is 4.29. The summed E-state index contributed by atoms with van der Waals surface area (Å²) in [6, 6.07) is 3.86. The summed E-state index contributed by atoms with van der Waals surface area (Å²) in [6.07, 6.45) is -3.72. The van der Waals surface area contributed by atoms with Crippen LogP contribution in [-0.4, -0.2) is 19.7 Å². The van der Waals surface area contributed by atoms with Crippen LogP contribution >= 0.6 is 0 Å². The molecular weight excluding hydrogens is 259 g/mol. The van der Waals surface area contributed by atoms with E-state index in [-0.39, 0.29) is 11.7 Å². The molecule has 1 aromatic carbocycles. The molecule has 0 amide bonds. The fourth-order valence-corrected chi connectivity index (χ4v) is 1.63. The van der Waals surface area contributed by atoms with E-state index in [0.717, 1.165) is 12.5 Å². The number of hydrogen-bond donors (Lipinski definition) is 3. The van der Waals surface area contributed by atoms with Crippen LogP contribution in [-0.2, 0) is 11.0 Å². The largest absolute Gasteiger partial charge is 0.418 e. The molecule has 0 aliphatic heterocycles. The number of benzene rings is 1. The van der Waals surface area contributed by atoms with Crippen molar-refractivity contribution in [2.45, 2.75) is 25.6 Å². The maximum atomic E-state index is 12.9. The summed E-state index contributed by atoms with van der Waals surface area (Å²) in [4.78, 5) is 4.54. The van der Waals surface area contributed by atoms with Gasteiger partial charge in [-0.25, -0.2) is 0 Å². The minimum atomic E-state index is -4.46. The lowest BCUT2D eigenvalue weighted by atomic mass is 10.1. The van der Waals surface area contributed by atoms with E-state index in [0.29, 0.717) is 12.2 Å². The van der Waals surface area contributed by atoms with Gasteiger partial charge in [0.25, 0.3) is 0 Å². The van der Waals surface area contributed by atoms with E-state index >= 15 is 0 Å². The summed E-state index contributed by atoms with van der Waals surface area (Å²) in [5.41, 5.74) is 7.21. The van der Waals surface area contributed by atoms with Gasteiger partial charge in [-0.1, -0.05) is 6.92 Å². The zero-order valence-electron chi connectivity index (χ0n) is 10.8. The summed E-state index contributed by atoms with van der Waals surface area (Å²) in [5, 5.41) is 2.97. The second-order valence-corrected chi connectivity index (χ2v) is 4.05. The topological polar surface area (TPSA) is 59.3 Å². The molecule has 0 aromatic heterocycles. The van der Waals surface area contributed by atoms with Crippen molar-refractivity contribution in [2.24, 2.45) is 5.73 Å². The predicted octanol–water partition coefficient (Wildman–Crippen LogP) is 2.83. The molecule has 0 heterocycles. The Hall–Kier alpha value is -1.47. The van der Waals surface area contributed by atoms with Crippen molar-refractivity contribution in [3.05, 3.63) is 23.8 Å². The zero-order chi connectivity index (χ0) is 14.5. The van der Waals surface area contributed by atoms with Gasteiger partial charge in [0.05, 0.1) is 18.4 Å². The van der Waals surface area contributed by atoms with Gasteiger partial charge in [-0.15, -0.1) is 0 Å². The first kappa shape index (κ1) is 15.6. The summed E-state index contributed by atoms with van der Waals surface area (Å²) < 4.78 is 38.7. The van der Waals surface area contributed by atoms with E-state index in [1.54, 1.807) is 6.07 Å². The van der Waals surface area contributed by atoms with Crippen LogP contribution in [0.5, 0.6) is 0 Å². The summed E-state index contributed by atoms with van der Waals surface area (Å²) >= 11 is 0. The molecule has 0 saturated heterocycles. The molecule has 108 valence electrons. The number of hydrogen-bond acceptors (Lipinski definition) is 4. The van der Waals surface area contributed by atoms with Gasteiger partial charge in [0.2, 0.25) is 0 Å². The number of alkyl halides is 3. The fraction of sp³-hybridized carbons (Fsp3) is 0.500. The molecule has 1 atom stereocenters. The average molecular weight is 277 g/mol. The standard InChI is InChI=1S/C12H18F3N3O/c1-3-8(7-16)17-9-4-5-11(18-19-2)10(6-9)12(13,14)15/h4-6,8,17-18H,3,7,16H2,1-2H3/t8-/m1/s1. The van der Waals surface area contributed by atoms with Crippen LogP contribution in [0.2, 0.25) is 0 Å². The van der Waals surface area contributed by atoms with Gasteiger partial charge in [0, 0.05) is 18.3 Å². The Kier molecular flexibility index (Phi) is 5.44. The van der Waals surface area contributed by atoms with Crippen molar-refractivity contribution < 1.29 is 18.0 Å². The van der Waals surface area contributed by atoms with Gasteiger partial charge < -0.3 is 11.1 Å². The lowest BCUT2D eigenvalue weighted by Gasteiger charge is -2.19. The normalized spacial score (nSPS) is 13.2. The molecule has 7 heteroatoms. The van der Waals surface area contributed by atoms with Gasteiger partial charge in [-0.3, -0.25) is 10.3 Å². The zero-order valence-corrected chi connectivity index (χ0v) is 10.8. The minimum Gasteiger partial charge on any atom is -0.381 e. The van der Waals surface area contributed by atoms with Gasteiger partial charge in [-0.05, 0) is 24.6 Å². The molecule has 4 nitrogen and oxygen atoms in total. The molecule has 0 fully saturated rings. The molecule has 0 unspecified atom stereocenters. The number of anilines is 2.